The van der Waals surface area contributed by atoms with Crippen molar-refractivity contribution < 1.29 is 4.74 Å². The summed E-state index contributed by atoms with van der Waals surface area (Å²) in [5.74, 6) is 0.728. The average Bonchev–Trinajstić information content (AvgIpc) is 2.26. The summed E-state index contributed by atoms with van der Waals surface area (Å²) >= 11 is 6.19. The molecule has 1 unspecified atom stereocenters. The molecule has 1 aromatic carbocycles. The third-order valence-corrected chi connectivity index (χ3v) is 3.14. The highest BCUT2D eigenvalue weighted by Gasteiger charge is 2.20. The van der Waals surface area contributed by atoms with E-state index in [0.29, 0.717) is 11.1 Å². The van der Waals surface area contributed by atoms with Gasteiger partial charge in [0.2, 0.25) is 0 Å². The second-order valence-electron chi connectivity index (χ2n) is 5.77. The minimum absolute atomic E-state index is 0.277. The van der Waals surface area contributed by atoms with E-state index in [9.17, 15) is 0 Å². The van der Waals surface area contributed by atoms with E-state index in [1.54, 1.807) is 7.11 Å². The van der Waals surface area contributed by atoms with Crippen LogP contribution in [0.25, 0.3) is 0 Å². The first-order valence-corrected chi connectivity index (χ1v) is 6.82. The molecule has 0 heterocycles. The SMILES string of the molecule is CCNC(CC(C)(C)C)c1ccc(OC)c(Cl)c1. The maximum atomic E-state index is 6.19. The molecular formula is C15H24ClNO. The molecule has 2 nitrogen and oxygen atoms in total. The Hall–Kier alpha value is -0.730. The van der Waals surface area contributed by atoms with Crippen molar-refractivity contribution in [3.8, 4) is 5.75 Å². The van der Waals surface area contributed by atoms with Crippen molar-refractivity contribution in [2.45, 2.75) is 40.2 Å². The first-order valence-electron chi connectivity index (χ1n) is 6.44. The summed E-state index contributed by atoms with van der Waals surface area (Å²) in [5, 5.41) is 4.19. The fourth-order valence-electron chi connectivity index (χ4n) is 2.07. The Labute approximate surface area is 116 Å². The van der Waals surface area contributed by atoms with Gasteiger partial charge in [-0.2, -0.15) is 0 Å². The largest absolute Gasteiger partial charge is 0.495 e. The van der Waals surface area contributed by atoms with Gasteiger partial charge in [-0.25, -0.2) is 0 Å². The fraction of sp³-hybridized carbons (Fsp3) is 0.600. The molecule has 1 N–H and O–H groups in total. The maximum Gasteiger partial charge on any atom is 0.137 e. The van der Waals surface area contributed by atoms with Crippen molar-refractivity contribution in [3.05, 3.63) is 28.8 Å². The molecule has 0 radical (unpaired) electrons. The lowest BCUT2D eigenvalue weighted by Gasteiger charge is -2.27. The minimum Gasteiger partial charge on any atom is -0.495 e. The second-order valence-corrected chi connectivity index (χ2v) is 6.18. The summed E-state index contributed by atoms with van der Waals surface area (Å²) in [6, 6.07) is 6.35. The lowest BCUT2D eigenvalue weighted by molar-refractivity contribution is 0.314. The van der Waals surface area contributed by atoms with E-state index in [1.165, 1.54) is 5.56 Å². The van der Waals surface area contributed by atoms with Crippen molar-refractivity contribution in [1.82, 2.24) is 5.32 Å². The van der Waals surface area contributed by atoms with Gasteiger partial charge in [0.05, 0.1) is 12.1 Å². The fourth-order valence-corrected chi connectivity index (χ4v) is 2.33. The van der Waals surface area contributed by atoms with Crippen LogP contribution in [0.5, 0.6) is 5.75 Å². The highest BCUT2D eigenvalue weighted by molar-refractivity contribution is 6.32. The van der Waals surface area contributed by atoms with Crippen LogP contribution in [0.3, 0.4) is 0 Å². The van der Waals surface area contributed by atoms with Gasteiger partial charge in [0.1, 0.15) is 5.75 Å². The predicted octanol–water partition coefficient (Wildman–Crippen LogP) is 4.44. The first-order chi connectivity index (χ1) is 8.37. The molecule has 0 bridgehead atoms. The third-order valence-electron chi connectivity index (χ3n) is 2.85. The van der Waals surface area contributed by atoms with E-state index in [-0.39, 0.29) is 5.41 Å². The minimum atomic E-state index is 0.277. The number of nitrogens with one attached hydrogen (secondary N) is 1. The van der Waals surface area contributed by atoms with E-state index >= 15 is 0 Å². The Morgan fingerprint density at radius 2 is 2.00 bits per heavy atom. The molecule has 0 amide bonds. The maximum absolute atomic E-state index is 6.19. The molecule has 18 heavy (non-hydrogen) atoms. The number of halogens is 1. The van der Waals surface area contributed by atoms with E-state index in [0.717, 1.165) is 18.7 Å². The Bertz CT molecular complexity index is 385. The van der Waals surface area contributed by atoms with Crippen molar-refractivity contribution in [1.29, 1.82) is 0 Å². The van der Waals surface area contributed by atoms with Crippen LogP contribution in [0.1, 0.15) is 45.7 Å². The summed E-state index contributed by atoms with van der Waals surface area (Å²) in [5.41, 5.74) is 1.50. The van der Waals surface area contributed by atoms with Crippen molar-refractivity contribution >= 4 is 11.6 Å². The highest BCUT2D eigenvalue weighted by atomic mass is 35.5. The molecule has 1 rings (SSSR count). The number of rotatable bonds is 5. The summed E-state index contributed by atoms with van der Waals surface area (Å²) in [4.78, 5) is 0. The summed E-state index contributed by atoms with van der Waals surface area (Å²) < 4.78 is 5.19. The van der Waals surface area contributed by atoms with Gasteiger partial charge in [0, 0.05) is 6.04 Å². The Balaban J connectivity index is 2.95. The number of ether oxygens (including phenoxy) is 1. The topological polar surface area (TPSA) is 21.3 Å². The Kier molecular flexibility index (Phi) is 5.48. The molecule has 0 aliphatic carbocycles. The standard InChI is InChI=1S/C15H24ClNO/c1-6-17-13(10-15(2,3)4)11-7-8-14(18-5)12(16)9-11/h7-9,13,17H,6,10H2,1-5H3. The Morgan fingerprint density at radius 1 is 1.33 bits per heavy atom. The molecule has 1 atom stereocenters. The van der Waals surface area contributed by atoms with Gasteiger partial charge in [-0.15, -0.1) is 0 Å². The van der Waals surface area contributed by atoms with Crippen LogP contribution in [0.15, 0.2) is 18.2 Å². The number of methoxy groups -OCH3 is 1. The number of benzene rings is 1. The number of hydrogen-bond acceptors (Lipinski definition) is 2. The molecular weight excluding hydrogens is 246 g/mol. The summed E-state index contributed by atoms with van der Waals surface area (Å²) in [6.45, 7) is 9.83. The molecule has 0 aliphatic heterocycles. The van der Waals surface area contributed by atoms with Gasteiger partial charge in [-0.05, 0) is 36.1 Å². The van der Waals surface area contributed by atoms with Gasteiger partial charge >= 0.3 is 0 Å². The smallest absolute Gasteiger partial charge is 0.137 e. The lowest BCUT2D eigenvalue weighted by atomic mass is 9.85. The van der Waals surface area contributed by atoms with E-state index < -0.39 is 0 Å². The van der Waals surface area contributed by atoms with Crippen LogP contribution < -0.4 is 10.1 Å². The summed E-state index contributed by atoms with van der Waals surface area (Å²) in [7, 11) is 1.64. The monoisotopic (exact) mass is 269 g/mol. The zero-order valence-corrected chi connectivity index (χ0v) is 12.8. The Morgan fingerprint density at radius 3 is 2.44 bits per heavy atom. The summed E-state index contributed by atoms with van der Waals surface area (Å²) in [6.07, 6.45) is 1.07. The van der Waals surface area contributed by atoms with Crippen molar-refractivity contribution in [3.63, 3.8) is 0 Å². The molecule has 102 valence electrons. The molecule has 0 aliphatic rings. The normalized spacial score (nSPS) is 13.4. The molecule has 0 saturated carbocycles. The van der Waals surface area contributed by atoms with E-state index in [4.69, 9.17) is 16.3 Å². The van der Waals surface area contributed by atoms with Gasteiger partial charge < -0.3 is 10.1 Å². The van der Waals surface area contributed by atoms with Crippen molar-refractivity contribution in [2.24, 2.45) is 5.41 Å². The second kappa shape index (κ2) is 6.44. The van der Waals surface area contributed by atoms with Crippen molar-refractivity contribution in [2.75, 3.05) is 13.7 Å². The zero-order valence-electron chi connectivity index (χ0n) is 12.0. The molecule has 0 aromatic heterocycles. The van der Waals surface area contributed by atoms with Crippen LogP contribution in [0, 0.1) is 5.41 Å². The predicted molar refractivity (Wildman–Crippen MR) is 78.5 cm³/mol. The van der Waals surface area contributed by atoms with Gasteiger partial charge in [-0.3, -0.25) is 0 Å². The first kappa shape index (κ1) is 15.3. The average molecular weight is 270 g/mol. The zero-order chi connectivity index (χ0) is 13.8. The molecule has 0 spiro atoms. The molecule has 0 fully saturated rings. The van der Waals surface area contributed by atoms with E-state index in [1.807, 2.05) is 12.1 Å². The highest BCUT2D eigenvalue weighted by Crippen LogP contribution is 2.33. The lowest BCUT2D eigenvalue weighted by Crippen LogP contribution is -2.25. The molecule has 1 aromatic rings. The van der Waals surface area contributed by atoms with Crippen LogP contribution >= 0.6 is 11.6 Å². The molecule has 0 saturated heterocycles. The van der Waals surface area contributed by atoms with Crippen LogP contribution in [-0.4, -0.2) is 13.7 Å². The quantitative estimate of drug-likeness (QED) is 0.854. The van der Waals surface area contributed by atoms with Crippen LogP contribution in [0.2, 0.25) is 5.02 Å². The van der Waals surface area contributed by atoms with Gasteiger partial charge in [-0.1, -0.05) is 45.4 Å². The van der Waals surface area contributed by atoms with Gasteiger partial charge in [0.25, 0.3) is 0 Å². The van der Waals surface area contributed by atoms with Crippen LogP contribution in [0.4, 0.5) is 0 Å². The number of hydrogen-bond donors (Lipinski definition) is 1. The van der Waals surface area contributed by atoms with Crippen LogP contribution in [-0.2, 0) is 0 Å². The van der Waals surface area contributed by atoms with E-state index in [2.05, 4.69) is 39.1 Å². The van der Waals surface area contributed by atoms with Gasteiger partial charge in [0.15, 0.2) is 0 Å². The third kappa shape index (κ3) is 4.51. The molecule has 3 heteroatoms.